The normalized spacial score (nSPS) is 35.8. The molecule has 0 spiro atoms. The molecule has 0 aliphatic carbocycles. The van der Waals surface area contributed by atoms with Crippen LogP contribution in [0.3, 0.4) is 0 Å². The van der Waals surface area contributed by atoms with Gasteiger partial charge in [-0.1, -0.05) is 25.1 Å². The number of aromatic nitrogens is 1. The van der Waals surface area contributed by atoms with Gasteiger partial charge < -0.3 is 9.30 Å². The van der Waals surface area contributed by atoms with E-state index in [1.165, 1.54) is 49.7 Å². The number of benzene rings is 1. The lowest BCUT2D eigenvalue weighted by atomic mass is 9.73. The van der Waals surface area contributed by atoms with Gasteiger partial charge in [0.15, 0.2) is 0 Å². The number of nitrogens with zero attached hydrogens (tertiary/aromatic N) is 2. The van der Waals surface area contributed by atoms with Crippen LogP contribution in [0.15, 0.2) is 24.3 Å². The Morgan fingerprint density at radius 1 is 1.26 bits per heavy atom. The van der Waals surface area contributed by atoms with Crippen LogP contribution in [0.4, 0.5) is 0 Å². The molecule has 0 radical (unpaired) electrons. The summed E-state index contributed by atoms with van der Waals surface area (Å²) in [7, 11) is 2.25. The first-order valence-electron chi connectivity index (χ1n) is 9.15. The van der Waals surface area contributed by atoms with Crippen molar-refractivity contribution in [3.05, 3.63) is 35.5 Å². The van der Waals surface area contributed by atoms with E-state index in [1.54, 1.807) is 11.3 Å². The van der Waals surface area contributed by atoms with Gasteiger partial charge in [0.1, 0.15) is 0 Å². The molecule has 0 amide bonds. The fourth-order valence-corrected chi connectivity index (χ4v) is 5.32. The van der Waals surface area contributed by atoms with Crippen molar-refractivity contribution in [2.75, 3.05) is 19.6 Å². The average Bonchev–Trinajstić information content (AvgIpc) is 3.30. The fraction of sp³-hybridized carbons (Fsp3) is 0.600. The van der Waals surface area contributed by atoms with Crippen molar-refractivity contribution in [2.24, 2.45) is 12.5 Å². The summed E-state index contributed by atoms with van der Waals surface area (Å²) in [6.07, 6.45) is 5.91. The van der Waals surface area contributed by atoms with Crippen molar-refractivity contribution in [3.63, 3.8) is 0 Å². The first-order valence-corrected chi connectivity index (χ1v) is 9.15. The summed E-state index contributed by atoms with van der Waals surface area (Å²) in [6.45, 7) is 5.92. The van der Waals surface area contributed by atoms with Gasteiger partial charge in [-0.2, -0.15) is 0 Å². The summed E-state index contributed by atoms with van der Waals surface area (Å²) in [4.78, 5) is 2.68. The maximum absolute atomic E-state index is 6.07. The molecule has 1 aromatic carbocycles. The minimum atomic E-state index is 0.376. The lowest BCUT2D eigenvalue weighted by Crippen LogP contribution is -2.48. The van der Waals surface area contributed by atoms with Gasteiger partial charge >= 0.3 is 0 Å². The molecule has 4 atom stereocenters. The van der Waals surface area contributed by atoms with E-state index in [0.29, 0.717) is 17.6 Å². The van der Waals surface area contributed by atoms with E-state index in [0.717, 1.165) is 6.54 Å². The molecule has 4 heterocycles. The van der Waals surface area contributed by atoms with E-state index in [2.05, 4.69) is 47.7 Å². The Balaban J connectivity index is 1.61. The Labute approximate surface area is 138 Å². The Kier molecular flexibility index (Phi) is 2.96. The number of aryl methyl sites for hydroxylation is 1. The van der Waals surface area contributed by atoms with Gasteiger partial charge in [-0.25, -0.2) is 0 Å². The highest BCUT2D eigenvalue weighted by molar-refractivity contribution is 5.85. The van der Waals surface area contributed by atoms with Crippen molar-refractivity contribution in [3.8, 4) is 0 Å². The monoisotopic (exact) mass is 310 g/mol. The summed E-state index contributed by atoms with van der Waals surface area (Å²) < 4.78 is 8.51. The van der Waals surface area contributed by atoms with E-state index >= 15 is 0 Å². The summed E-state index contributed by atoms with van der Waals surface area (Å²) in [5, 5.41) is 1.47. The first-order chi connectivity index (χ1) is 11.2. The highest BCUT2D eigenvalue weighted by Gasteiger charge is 2.57. The fourth-order valence-electron chi connectivity index (χ4n) is 5.32. The summed E-state index contributed by atoms with van der Waals surface area (Å²) >= 11 is 0. The van der Waals surface area contributed by atoms with Crippen molar-refractivity contribution in [2.45, 2.75) is 44.8 Å². The van der Waals surface area contributed by atoms with Crippen LogP contribution in [0.25, 0.3) is 10.9 Å². The minimum Gasteiger partial charge on any atom is -0.368 e. The van der Waals surface area contributed by atoms with Gasteiger partial charge in [0.2, 0.25) is 0 Å². The number of rotatable bonds is 1. The molecule has 3 aliphatic heterocycles. The Bertz CT molecular complexity index is 764. The molecule has 3 heteroatoms. The molecule has 0 N–H and O–H groups in total. The zero-order valence-electron chi connectivity index (χ0n) is 14.2. The Hall–Kier alpha value is -1.32. The Morgan fingerprint density at radius 3 is 3.00 bits per heavy atom. The molecule has 2 bridgehead atoms. The smallest absolute Gasteiger partial charge is 0.0974 e. The van der Waals surface area contributed by atoms with Gasteiger partial charge in [0, 0.05) is 48.7 Å². The number of para-hydroxylation sites is 1. The van der Waals surface area contributed by atoms with Gasteiger partial charge in [0.05, 0.1) is 12.2 Å². The third kappa shape index (κ3) is 1.96. The summed E-state index contributed by atoms with van der Waals surface area (Å²) in [6, 6.07) is 8.93. The zero-order chi connectivity index (χ0) is 15.6. The van der Waals surface area contributed by atoms with E-state index in [9.17, 15) is 0 Å². The van der Waals surface area contributed by atoms with E-state index in [1.807, 2.05) is 0 Å². The number of hydrogen-bond donors (Lipinski definition) is 0. The number of fused-ring (bicyclic) bond motifs is 7. The lowest BCUT2D eigenvalue weighted by Gasteiger charge is -2.39. The largest absolute Gasteiger partial charge is 0.368 e. The van der Waals surface area contributed by atoms with E-state index < -0.39 is 0 Å². The van der Waals surface area contributed by atoms with Crippen LogP contribution in [0.2, 0.25) is 0 Å². The SMILES string of the molecule is CC[C@@]12CCc3c(c4ccccc4n3C)CCN(CC3OC31)C2. The van der Waals surface area contributed by atoms with Gasteiger partial charge in [-0.05, 0) is 37.3 Å². The second kappa shape index (κ2) is 4.84. The predicted molar refractivity (Wildman–Crippen MR) is 92.8 cm³/mol. The molecular formula is C20H26N2O. The van der Waals surface area contributed by atoms with Crippen LogP contribution in [0, 0.1) is 5.41 Å². The molecule has 122 valence electrons. The number of epoxide rings is 1. The molecular weight excluding hydrogens is 284 g/mol. The van der Waals surface area contributed by atoms with Crippen LogP contribution in [0.5, 0.6) is 0 Å². The third-order valence-electron chi connectivity index (χ3n) is 6.75. The number of piperidine rings is 1. The predicted octanol–water partition coefficient (Wildman–Crippen LogP) is 3.15. The number of ether oxygens (including phenoxy) is 1. The van der Waals surface area contributed by atoms with Crippen LogP contribution in [0.1, 0.15) is 31.0 Å². The highest BCUT2D eigenvalue weighted by Crippen LogP contribution is 2.49. The molecule has 2 fully saturated rings. The van der Waals surface area contributed by atoms with Crippen LogP contribution in [-0.2, 0) is 24.6 Å². The Morgan fingerprint density at radius 2 is 2.13 bits per heavy atom. The third-order valence-corrected chi connectivity index (χ3v) is 6.75. The van der Waals surface area contributed by atoms with Crippen molar-refractivity contribution in [1.29, 1.82) is 0 Å². The molecule has 2 aromatic rings. The quantitative estimate of drug-likeness (QED) is 0.754. The van der Waals surface area contributed by atoms with Gasteiger partial charge in [-0.15, -0.1) is 0 Å². The topological polar surface area (TPSA) is 20.7 Å². The van der Waals surface area contributed by atoms with Gasteiger partial charge in [-0.3, -0.25) is 4.90 Å². The maximum atomic E-state index is 6.07. The van der Waals surface area contributed by atoms with Gasteiger partial charge in [0.25, 0.3) is 0 Å². The van der Waals surface area contributed by atoms with Crippen molar-refractivity contribution >= 4 is 10.9 Å². The van der Waals surface area contributed by atoms with Crippen molar-refractivity contribution in [1.82, 2.24) is 9.47 Å². The standard InChI is InChI=1S/C20H26N2O/c1-3-20-10-8-17-15(14-6-4-5-7-16(14)21(17)2)9-11-22(13-20)12-18-19(20)23-18/h4-7,18-19H,3,8-13H2,1-2H3/t18?,19?,20-/m0/s1. The second-order valence-corrected chi connectivity index (χ2v) is 7.80. The lowest BCUT2D eigenvalue weighted by molar-refractivity contribution is 0.0954. The van der Waals surface area contributed by atoms with E-state index in [4.69, 9.17) is 4.74 Å². The molecule has 23 heavy (non-hydrogen) atoms. The highest BCUT2D eigenvalue weighted by atomic mass is 16.6. The molecule has 3 nitrogen and oxygen atoms in total. The zero-order valence-corrected chi connectivity index (χ0v) is 14.2. The molecule has 1 aromatic heterocycles. The summed E-state index contributed by atoms with van der Waals surface area (Å²) in [5.41, 5.74) is 4.92. The maximum Gasteiger partial charge on any atom is 0.0974 e. The average molecular weight is 310 g/mol. The minimum absolute atomic E-state index is 0.376. The molecule has 0 saturated carbocycles. The molecule has 2 saturated heterocycles. The van der Waals surface area contributed by atoms with E-state index in [-0.39, 0.29) is 0 Å². The van der Waals surface area contributed by atoms with Crippen LogP contribution >= 0.6 is 0 Å². The van der Waals surface area contributed by atoms with Crippen LogP contribution in [-0.4, -0.2) is 41.3 Å². The first kappa shape index (κ1) is 14.1. The molecule has 3 aliphatic rings. The second-order valence-electron chi connectivity index (χ2n) is 7.80. The molecule has 3 unspecified atom stereocenters. The van der Waals surface area contributed by atoms with Crippen molar-refractivity contribution < 1.29 is 4.74 Å². The molecule has 5 rings (SSSR count). The van der Waals surface area contributed by atoms with Crippen LogP contribution < -0.4 is 0 Å². The summed E-state index contributed by atoms with van der Waals surface area (Å²) in [5.74, 6) is 0. The number of hydrogen-bond acceptors (Lipinski definition) is 2.